The number of azo groups is 2. The molecule has 27 nitrogen and oxygen atoms in total. The number of phenolic OH excluding ortho intramolecular Hbond substituents is 1. The molecule has 0 aromatic heterocycles. The molecule has 0 aliphatic carbocycles. The first-order valence-corrected chi connectivity index (χ1v) is 23.8. The van der Waals surface area contributed by atoms with Crippen molar-refractivity contribution in [2.45, 2.75) is 19.6 Å². The summed E-state index contributed by atoms with van der Waals surface area (Å²) in [6.07, 6.45) is 0. The zero-order valence-electron chi connectivity index (χ0n) is 34.5. The van der Waals surface area contributed by atoms with Gasteiger partial charge in [-0.1, -0.05) is 6.07 Å². The van der Waals surface area contributed by atoms with E-state index in [1.807, 2.05) is 0 Å². The van der Waals surface area contributed by atoms with E-state index >= 15 is 0 Å². The zero-order valence-corrected chi connectivity index (χ0v) is 50.2. The van der Waals surface area contributed by atoms with Gasteiger partial charge in [-0.05, 0) is 54.6 Å². The summed E-state index contributed by atoms with van der Waals surface area (Å²) in [4.78, 5) is -2.42. The van der Waals surface area contributed by atoms with Gasteiger partial charge in [-0.15, -0.1) is 24.0 Å². The maximum atomic E-state index is 12.8. The third kappa shape index (κ3) is 21.8. The minimum Gasteiger partial charge on any atom is -0.747 e. The van der Waals surface area contributed by atoms with E-state index in [0.29, 0.717) is 6.07 Å². The quantitative estimate of drug-likeness (QED) is 0.0118. The molecule has 4 rings (SSSR count). The van der Waals surface area contributed by atoms with Gasteiger partial charge in [-0.25, -0.2) is 33.7 Å². The fraction of sp³-hybridized carbons (Fsp3) is 0.185. The standard InChI is InChI=1S/C27H27N5O22S7.5Na/c33-27-19-5-7-22(28-15-60(41,42)43)25(31-30-21-6-4-18(13-24(21)61(44,45)46)59(39,40)11-9-48-57-54-51-36)20(19)14-23(55-52-49-34)26(27)32-29-16-2-1-3-17(12-16)58(37,38)10-8-47-56-53-50-35;;;;;/h1-7,12-14,28,33-36H,8-11,15H2,(H,41,42,43)(H,44,45,46);;;;;/q;5*+1/p-5. The van der Waals surface area contributed by atoms with E-state index in [-0.39, 0.29) is 216 Å². The Morgan fingerprint density at radius 3 is 1.73 bits per heavy atom. The van der Waals surface area contributed by atoms with Gasteiger partial charge in [0.15, 0.2) is 50.1 Å². The van der Waals surface area contributed by atoms with Crippen molar-refractivity contribution in [2.24, 2.45) is 20.5 Å². The van der Waals surface area contributed by atoms with Crippen molar-refractivity contribution in [1.82, 2.24) is 0 Å². The molecule has 0 aliphatic heterocycles. The second kappa shape index (κ2) is 33.2. The number of nitrogens with zero attached hydrogens (tertiary/aromatic N) is 4. The number of phenols is 1. The molecule has 2 N–H and O–H groups in total. The van der Waals surface area contributed by atoms with Crippen LogP contribution in [0.25, 0.3) is 10.8 Å². The topological polar surface area (TPSA) is 407 Å². The van der Waals surface area contributed by atoms with Gasteiger partial charge in [0.25, 0.3) is 0 Å². The van der Waals surface area contributed by atoms with Crippen LogP contribution in [-0.4, -0.2) is 78.5 Å². The molecule has 0 spiro atoms. The van der Waals surface area contributed by atoms with E-state index in [9.17, 15) is 63.7 Å². The second-order valence-electron chi connectivity index (χ2n) is 10.9. The third-order valence-corrected chi connectivity index (χ3v) is 13.2. The number of benzene rings is 4. The van der Waals surface area contributed by atoms with Crippen molar-refractivity contribution >= 4 is 116 Å². The van der Waals surface area contributed by atoms with Gasteiger partial charge in [-0.2, -0.15) is 9.45 Å². The average Bonchev–Trinajstić information content (AvgIpc) is 3.20. The van der Waals surface area contributed by atoms with Crippen molar-refractivity contribution in [2.75, 3.05) is 35.9 Å². The van der Waals surface area contributed by atoms with Crippen molar-refractivity contribution in [3.8, 4) is 5.75 Å². The Morgan fingerprint density at radius 1 is 0.621 bits per heavy atom. The predicted molar refractivity (Wildman–Crippen MR) is 197 cm³/mol. The SMILES string of the molecule is O=S(=O)([O-])CNc1ccc2c(O)c(N=Nc3cccc(S(=O)(=O)CCOSOO[O-])c3)c(SOO[O-])cc2c1N=Nc1ccc(S(=O)(=O)CCOSOO[O-])cc1S(=O)(=O)[O-].[Na+].[Na+].[Na+].[Na+].[Na+]. The van der Waals surface area contributed by atoms with Crippen molar-refractivity contribution in [1.29, 1.82) is 0 Å². The first-order chi connectivity index (χ1) is 28.8. The van der Waals surface area contributed by atoms with E-state index in [1.165, 1.54) is 24.3 Å². The van der Waals surface area contributed by atoms with Gasteiger partial charge in [0.2, 0.25) is 0 Å². The Balaban J connectivity index is 0. The van der Waals surface area contributed by atoms with Crippen LogP contribution in [0, 0.1) is 0 Å². The second-order valence-corrected chi connectivity index (χ2v) is 19.6. The Morgan fingerprint density at radius 2 is 1.18 bits per heavy atom. The Kier molecular flexibility index (Phi) is 34.8. The fourth-order valence-corrected chi connectivity index (χ4v) is 9.01. The van der Waals surface area contributed by atoms with Gasteiger partial charge in [0, 0.05) is 10.8 Å². The van der Waals surface area contributed by atoms with Gasteiger partial charge >= 0.3 is 148 Å². The molecule has 66 heavy (non-hydrogen) atoms. The molecule has 0 radical (unpaired) electrons. The smallest absolute Gasteiger partial charge is 0.747 e. The molecule has 0 atom stereocenters. The van der Waals surface area contributed by atoms with E-state index in [4.69, 9.17) is 4.18 Å². The number of hydrogen-bond donors (Lipinski definition) is 2. The monoisotopic (exact) mass is 1110 g/mol. The summed E-state index contributed by atoms with van der Waals surface area (Å²) < 4.78 is 144. The summed E-state index contributed by atoms with van der Waals surface area (Å²) in [5.41, 5.74) is -2.02. The maximum absolute atomic E-state index is 12.8. The van der Waals surface area contributed by atoms with Crippen molar-refractivity contribution in [3.63, 3.8) is 0 Å². The molecule has 4 aromatic carbocycles. The van der Waals surface area contributed by atoms with E-state index in [2.05, 4.69) is 58.1 Å². The number of hydrogen-bond acceptors (Lipinski definition) is 30. The number of sulfone groups is 2. The van der Waals surface area contributed by atoms with E-state index in [0.717, 1.165) is 30.3 Å². The fourth-order valence-electron chi connectivity index (χ4n) is 4.61. The molecular weight excluding hydrogens is 1090 g/mol. The van der Waals surface area contributed by atoms with Crippen LogP contribution >= 0.6 is 36.7 Å². The van der Waals surface area contributed by atoms with Crippen molar-refractivity contribution in [3.05, 3.63) is 60.7 Å². The van der Waals surface area contributed by atoms with Gasteiger partial charge < -0.3 is 35.3 Å². The van der Waals surface area contributed by atoms with Crippen LogP contribution in [0.3, 0.4) is 0 Å². The molecule has 0 fully saturated rings. The largest absolute Gasteiger partial charge is 1.00 e. The van der Waals surface area contributed by atoms with Crippen LogP contribution in [0.15, 0.2) is 101 Å². The normalized spacial score (nSPS) is 11.9. The summed E-state index contributed by atoms with van der Waals surface area (Å²) in [6, 6.07) is 10.4. The number of anilines is 1. The number of nitrogens with one attached hydrogen (secondary N) is 1. The van der Waals surface area contributed by atoms with Crippen LogP contribution < -0.4 is 169 Å². The van der Waals surface area contributed by atoms with Crippen molar-refractivity contribution < 1.29 is 248 Å². The van der Waals surface area contributed by atoms with Crippen LogP contribution in [-0.2, 0) is 76.4 Å². The molecular formula is C27H22N5Na5O22S7. The summed E-state index contributed by atoms with van der Waals surface area (Å²) in [5, 5.41) is 69.0. The molecule has 0 heterocycles. The molecule has 39 heteroatoms. The van der Waals surface area contributed by atoms with Gasteiger partial charge in [0.1, 0.15) is 43.2 Å². The minimum atomic E-state index is -5.51. The first kappa shape index (κ1) is 69.3. The summed E-state index contributed by atoms with van der Waals surface area (Å²) in [5.74, 6) is -3.37. The average molecular weight is 1110 g/mol. The van der Waals surface area contributed by atoms with E-state index < -0.39 is 103 Å². The van der Waals surface area contributed by atoms with Crippen LogP contribution in [0.5, 0.6) is 5.75 Å². The minimum absolute atomic E-state index is 0. The Bertz CT molecular complexity index is 2710. The molecule has 4 aromatic rings. The summed E-state index contributed by atoms with van der Waals surface area (Å²) >= 11 is 0.257. The molecule has 0 aliphatic rings. The predicted octanol–water partition coefficient (Wildman–Crippen LogP) is -13.4. The third-order valence-electron chi connectivity index (χ3n) is 7.13. The van der Waals surface area contributed by atoms with Gasteiger partial charge in [-0.3, -0.25) is 23.5 Å². The molecule has 0 saturated carbocycles. The van der Waals surface area contributed by atoms with Crippen LogP contribution in [0.1, 0.15) is 0 Å². The Labute approximate surface area is 498 Å². The number of aromatic hydroxyl groups is 1. The summed E-state index contributed by atoms with van der Waals surface area (Å²) in [6.45, 7) is -1.02. The molecule has 0 saturated heterocycles. The molecule has 0 bridgehead atoms. The molecule has 0 amide bonds. The maximum Gasteiger partial charge on any atom is 1.00 e. The summed E-state index contributed by atoms with van der Waals surface area (Å²) in [7, 11) is -18.8. The Hall–Kier alpha value is 1.27. The van der Waals surface area contributed by atoms with Gasteiger partial charge in [0.05, 0.1) is 67.7 Å². The first-order valence-electron chi connectivity index (χ1n) is 15.4. The van der Waals surface area contributed by atoms with Crippen LogP contribution in [0.2, 0.25) is 0 Å². The molecule has 334 valence electrons. The zero-order chi connectivity index (χ0) is 44.8. The van der Waals surface area contributed by atoms with E-state index in [1.54, 1.807) is 0 Å². The van der Waals surface area contributed by atoms with Crippen LogP contribution in [0.4, 0.5) is 28.4 Å². The number of rotatable bonds is 25. The number of fused-ring (bicyclic) bond motifs is 1. The molecule has 0 unspecified atom stereocenters.